The number of methoxy groups -OCH3 is 1. The quantitative estimate of drug-likeness (QED) is 0.593. The van der Waals surface area contributed by atoms with Gasteiger partial charge in [0.2, 0.25) is 5.01 Å². The number of nitrogens with zero attached hydrogens (tertiary/aromatic N) is 3. The average molecular weight is 432 g/mol. The number of carbonyl (C=O) groups excluding carboxylic acids is 2. The third-order valence-corrected chi connectivity index (χ3v) is 6.08. The molecule has 1 saturated heterocycles. The molecule has 3 rings (SSSR count). The Hall–Kier alpha value is -2.36. The number of likely N-dealkylation sites (tertiary alicyclic amines) is 1. The van der Waals surface area contributed by atoms with E-state index in [9.17, 15) is 9.59 Å². The van der Waals surface area contributed by atoms with Gasteiger partial charge in [-0.15, -0.1) is 10.2 Å². The fourth-order valence-corrected chi connectivity index (χ4v) is 4.20. The number of aromatic nitrogens is 2. The molecule has 9 heteroatoms. The van der Waals surface area contributed by atoms with Gasteiger partial charge in [-0.3, -0.25) is 9.59 Å². The summed E-state index contributed by atoms with van der Waals surface area (Å²) in [4.78, 5) is 27.1. The van der Waals surface area contributed by atoms with Crippen LogP contribution in [0.4, 0.5) is 5.69 Å². The van der Waals surface area contributed by atoms with Crippen LogP contribution in [0.3, 0.4) is 0 Å². The molecule has 8 nitrogen and oxygen atoms in total. The van der Waals surface area contributed by atoms with Gasteiger partial charge in [0.1, 0.15) is 5.01 Å². The van der Waals surface area contributed by atoms with E-state index >= 15 is 0 Å². The van der Waals surface area contributed by atoms with Crippen LogP contribution in [0.5, 0.6) is 0 Å². The fourth-order valence-electron chi connectivity index (χ4n) is 3.49. The van der Waals surface area contributed by atoms with E-state index in [-0.39, 0.29) is 16.8 Å². The van der Waals surface area contributed by atoms with Gasteiger partial charge >= 0.3 is 0 Å². The van der Waals surface area contributed by atoms with Crippen LogP contribution in [0.1, 0.15) is 57.8 Å². The van der Waals surface area contributed by atoms with E-state index in [0.717, 1.165) is 19.5 Å². The Bertz CT molecular complexity index is 839. The van der Waals surface area contributed by atoms with Crippen molar-refractivity contribution in [2.45, 2.75) is 45.3 Å². The molecular weight excluding hydrogens is 402 g/mol. The highest BCUT2D eigenvalue weighted by atomic mass is 32.1. The van der Waals surface area contributed by atoms with Crippen LogP contribution in [-0.2, 0) is 11.3 Å². The molecule has 0 bridgehead atoms. The maximum absolute atomic E-state index is 12.3. The average Bonchev–Trinajstić information content (AvgIpc) is 3.22. The molecule has 0 radical (unpaired) electrons. The summed E-state index contributed by atoms with van der Waals surface area (Å²) in [6.07, 6.45) is 4.80. The number of nitrogens with one attached hydrogen (secondary N) is 2. The van der Waals surface area contributed by atoms with Crippen molar-refractivity contribution in [1.82, 2.24) is 20.4 Å². The molecular formula is C21H29N5O3S. The Morgan fingerprint density at radius 1 is 1.20 bits per heavy atom. The monoisotopic (exact) mass is 431 g/mol. The maximum atomic E-state index is 12.3. The molecule has 2 heterocycles. The van der Waals surface area contributed by atoms with Crippen LogP contribution in [0.2, 0.25) is 0 Å². The lowest BCUT2D eigenvalue weighted by Gasteiger charge is -2.33. The summed E-state index contributed by atoms with van der Waals surface area (Å²) in [5, 5.41) is 14.4. The molecule has 1 aliphatic rings. The van der Waals surface area contributed by atoms with E-state index < -0.39 is 0 Å². The molecule has 1 aromatic carbocycles. The van der Waals surface area contributed by atoms with Gasteiger partial charge in [0.15, 0.2) is 0 Å². The summed E-state index contributed by atoms with van der Waals surface area (Å²) in [5.74, 6) is -0.438. The van der Waals surface area contributed by atoms with E-state index in [0.29, 0.717) is 35.5 Å². The van der Waals surface area contributed by atoms with E-state index in [1.54, 1.807) is 31.4 Å². The molecule has 2 amide bonds. The number of amides is 2. The summed E-state index contributed by atoms with van der Waals surface area (Å²) < 4.78 is 4.98. The number of benzene rings is 1. The van der Waals surface area contributed by atoms with Gasteiger partial charge in [-0.2, -0.15) is 0 Å². The van der Waals surface area contributed by atoms with Crippen molar-refractivity contribution in [2.24, 2.45) is 0 Å². The minimum absolute atomic E-state index is 0.104. The molecule has 1 fully saturated rings. The molecule has 162 valence electrons. The maximum Gasteiger partial charge on any atom is 0.286 e. The third-order valence-electron chi connectivity index (χ3n) is 5.18. The lowest BCUT2D eigenvalue weighted by Crippen LogP contribution is -2.39. The van der Waals surface area contributed by atoms with Gasteiger partial charge in [0.25, 0.3) is 11.8 Å². The molecule has 2 N–H and O–H groups in total. The first-order valence-electron chi connectivity index (χ1n) is 10.3. The minimum atomic E-state index is -0.334. The Labute approximate surface area is 181 Å². The molecule has 0 saturated carbocycles. The number of piperidine rings is 1. The molecule has 0 spiro atoms. The number of anilines is 1. The lowest BCUT2D eigenvalue weighted by atomic mass is 10.0. The van der Waals surface area contributed by atoms with Crippen molar-refractivity contribution < 1.29 is 14.3 Å². The summed E-state index contributed by atoms with van der Waals surface area (Å²) in [6.45, 7) is 5.44. The predicted octanol–water partition coefficient (Wildman–Crippen LogP) is 2.93. The van der Waals surface area contributed by atoms with Crippen LogP contribution in [0.25, 0.3) is 0 Å². The number of hydrogen-bond donors (Lipinski definition) is 2. The molecule has 1 unspecified atom stereocenters. The third kappa shape index (κ3) is 6.32. The van der Waals surface area contributed by atoms with Crippen molar-refractivity contribution in [3.05, 3.63) is 39.8 Å². The molecule has 1 atom stereocenters. The molecule has 2 aromatic rings. The standard InChI is InChI=1S/C21H29N5O3S/c1-15-6-3-4-12-26(15)13-5-11-22-19(27)16-7-9-17(10-8-16)23-20(28)21-25-24-18(30-21)14-29-2/h7-10,15H,3-6,11-14H2,1-2H3,(H,22,27)(H,23,28). The van der Waals surface area contributed by atoms with Gasteiger partial charge in [-0.05, 0) is 57.0 Å². The van der Waals surface area contributed by atoms with E-state index in [2.05, 4.69) is 32.7 Å². The normalized spacial score (nSPS) is 16.9. The number of hydrogen-bond acceptors (Lipinski definition) is 7. The Balaban J connectivity index is 1.42. The first kappa shape index (κ1) is 22.3. The molecule has 0 aliphatic carbocycles. The number of carbonyl (C=O) groups is 2. The van der Waals surface area contributed by atoms with E-state index in [1.807, 2.05) is 0 Å². The summed E-state index contributed by atoms with van der Waals surface area (Å²) in [5.41, 5.74) is 1.16. The van der Waals surface area contributed by atoms with Crippen LogP contribution < -0.4 is 10.6 Å². The minimum Gasteiger partial charge on any atom is -0.377 e. The fraction of sp³-hybridized carbons (Fsp3) is 0.524. The van der Waals surface area contributed by atoms with Crippen LogP contribution in [0.15, 0.2) is 24.3 Å². The Morgan fingerprint density at radius 2 is 2.00 bits per heavy atom. The van der Waals surface area contributed by atoms with Crippen molar-refractivity contribution in [3.8, 4) is 0 Å². The zero-order chi connectivity index (χ0) is 21.3. The Morgan fingerprint density at radius 3 is 2.73 bits per heavy atom. The largest absolute Gasteiger partial charge is 0.377 e. The van der Waals surface area contributed by atoms with Gasteiger partial charge in [-0.1, -0.05) is 17.8 Å². The van der Waals surface area contributed by atoms with Gasteiger partial charge in [0.05, 0.1) is 6.61 Å². The zero-order valence-electron chi connectivity index (χ0n) is 17.5. The van der Waals surface area contributed by atoms with Crippen LogP contribution in [0, 0.1) is 0 Å². The molecule has 1 aromatic heterocycles. The van der Waals surface area contributed by atoms with E-state index in [1.165, 1.54) is 30.6 Å². The highest BCUT2D eigenvalue weighted by Crippen LogP contribution is 2.17. The summed E-state index contributed by atoms with van der Waals surface area (Å²) in [7, 11) is 1.56. The predicted molar refractivity (Wildman–Crippen MR) is 117 cm³/mol. The SMILES string of the molecule is COCc1nnc(C(=O)Nc2ccc(C(=O)NCCCN3CCCCC3C)cc2)s1. The van der Waals surface area contributed by atoms with Crippen molar-refractivity contribution >= 4 is 28.8 Å². The zero-order valence-corrected chi connectivity index (χ0v) is 18.3. The number of ether oxygens (including phenoxy) is 1. The molecule has 1 aliphatic heterocycles. The molecule has 30 heavy (non-hydrogen) atoms. The second kappa shape index (κ2) is 11.1. The second-order valence-electron chi connectivity index (χ2n) is 7.46. The van der Waals surface area contributed by atoms with Crippen molar-refractivity contribution in [3.63, 3.8) is 0 Å². The second-order valence-corrected chi connectivity index (χ2v) is 8.52. The topological polar surface area (TPSA) is 96.5 Å². The van der Waals surface area contributed by atoms with Gasteiger partial charge in [0, 0.05) is 37.5 Å². The first-order chi connectivity index (χ1) is 14.6. The smallest absolute Gasteiger partial charge is 0.286 e. The van der Waals surface area contributed by atoms with Gasteiger partial charge in [-0.25, -0.2) is 0 Å². The summed E-state index contributed by atoms with van der Waals surface area (Å²) >= 11 is 1.19. The lowest BCUT2D eigenvalue weighted by molar-refractivity contribution is 0.0948. The van der Waals surface area contributed by atoms with Crippen molar-refractivity contribution in [1.29, 1.82) is 0 Å². The highest BCUT2D eigenvalue weighted by molar-refractivity contribution is 7.13. The Kier molecular flexibility index (Phi) is 8.30. The number of rotatable bonds is 9. The summed E-state index contributed by atoms with van der Waals surface area (Å²) in [6, 6.07) is 7.46. The van der Waals surface area contributed by atoms with Gasteiger partial charge < -0.3 is 20.3 Å². The first-order valence-corrected chi connectivity index (χ1v) is 11.1. The van der Waals surface area contributed by atoms with Crippen molar-refractivity contribution in [2.75, 3.05) is 32.1 Å². The highest BCUT2D eigenvalue weighted by Gasteiger charge is 2.17. The van der Waals surface area contributed by atoms with E-state index in [4.69, 9.17) is 4.74 Å². The van der Waals surface area contributed by atoms with Crippen LogP contribution in [-0.4, -0.2) is 59.7 Å². The van der Waals surface area contributed by atoms with Crippen LogP contribution >= 0.6 is 11.3 Å².